The molecule has 0 aliphatic heterocycles. The molecule has 0 aliphatic rings. The Bertz CT molecular complexity index is 568. The summed E-state index contributed by atoms with van der Waals surface area (Å²) >= 11 is 5.48. The number of carbonyl (C=O) groups excluding carboxylic acids is 1. The number of aromatic nitrogens is 1. The van der Waals surface area contributed by atoms with Crippen molar-refractivity contribution in [3.05, 3.63) is 23.9 Å². The third kappa shape index (κ3) is 3.38. The maximum absolute atomic E-state index is 11.3. The van der Waals surface area contributed by atoms with Crippen molar-refractivity contribution in [1.29, 1.82) is 0 Å². The second-order valence-corrected chi connectivity index (χ2v) is 4.41. The summed E-state index contributed by atoms with van der Waals surface area (Å²) in [5, 5.41) is 7.69. The molecule has 0 atom stereocenters. The quantitative estimate of drug-likeness (QED) is 0.824. The summed E-state index contributed by atoms with van der Waals surface area (Å²) in [5.41, 5.74) is 1.52. The number of halogens is 1. The molecule has 1 aromatic heterocycles. The highest BCUT2D eigenvalue weighted by Gasteiger charge is 2.09. The van der Waals surface area contributed by atoms with Gasteiger partial charge in [-0.05, 0) is 18.2 Å². The number of nitrogens with zero attached hydrogens (tertiary/aromatic N) is 1. The van der Waals surface area contributed by atoms with Gasteiger partial charge in [0.2, 0.25) is 5.91 Å². The molecule has 19 heavy (non-hydrogen) atoms. The molecule has 0 unspecified atom stereocenters. The molecule has 1 aromatic carbocycles. The Balaban J connectivity index is 2.02. The van der Waals surface area contributed by atoms with E-state index in [-0.39, 0.29) is 5.91 Å². The topological polar surface area (TPSA) is 64.4 Å². The molecule has 0 saturated heterocycles. The molecule has 1 heterocycles. The minimum atomic E-state index is -0.0552. The number of nitrogens with one attached hydrogen (secondary N) is 1. The second-order valence-electron chi connectivity index (χ2n) is 4.03. The van der Waals surface area contributed by atoms with Gasteiger partial charge in [0.1, 0.15) is 5.75 Å². The summed E-state index contributed by atoms with van der Waals surface area (Å²) in [7, 11) is 1.61. The lowest BCUT2D eigenvalue weighted by Crippen LogP contribution is -2.25. The Kier molecular flexibility index (Phi) is 4.63. The summed E-state index contributed by atoms with van der Waals surface area (Å²) in [4.78, 5) is 11.3. The molecule has 0 aliphatic carbocycles. The molecular weight excluding hydrogens is 268 g/mol. The van der Waals surface area contributed by atoms with E-state index >= 15 is 0 Å². The minimum absolute atomic E-state index is 0.0552. The molecule has 1 N–H and O–H groups in total. The van der Waals surface area contributed by atoms with Crippen LogP contribution in [0.25, 0.3) is 11.0 Å². The van der Waals surface area contributed by atoms with Crippen LogP contribution in [-0.4, -0.2) is 30.6 Å². The smallest absolute Gasteiger partial charge is 0.221 e. The fourth-order valence-electron chi connectivity index (χ4n) is 1.77. The first-order valence-corrected chi connectivity index (χ1v) is 6.53. The van der Waals surface area contributed by atoms with Crippen molar-refractivity contribution >= 4 is 28.5 Å². The second kappa shape index (κ2) is 6.43. The summed E-state index contributed by atoms with van der Waals surface area (Å²) in [6, 6.07) is 5.51. The van der Waals surface area contributed by atoms with Gasteiger partial charge in [0.25, 0.3) is 0 Å². The minimum Gasteiger partial charge on any atom is -0.497 e. The van der Waals surface area contributed by atoms with Crippen molar-refractivity contribution in [1.82, 2.24) is 10.5 Å². The maximum atomic E-state index is 11.3. The zero-order valence-electron chi connectivity index (χ0n) is 10.6. The van der Waals surface area contributed by atoms with E-state index in [0.717, 1.165) is 16.8 Å². The van der Waals surface area contributed by atoms with Crippen LogP contribution in [0.4, 0.5) is 0 Å². The van der Waals surface area contributed by atoms with Crippen LogP contribution < -0.4 is 10.1 Å². The first kappa shape index (κ1) is 13.7. The first-order chi connectivity index (χ1) is 9.24. The number of ether oxygens (including phenoxy) is 1. The molecule has 0 fully saturated rings. The van der Waals surface area contributed by atoms with Crippen LogP contribution in [0.3, 0.4) is 0 Å². The normalized spacial score (nSPS) is 10.6. The van der Waals surface area contributed by atoms with Crippen LogP contribution in [0, 0.1) is 0 Å². The van der Waals surface area contributed by atoms with Crippen molar-refractivity contribution in [2.75, 3.05) is 19.5 Å². The average Bonchev–Trinajstić information content (AvgIpc) is 2.81. The number of amides is 1. The van der Waals surface area contributed by atoms with Gasteiger partial charge in [-0.25, -0.2) is 0 Å². The van der Waals surface area contributed by atoms with Crippen LogP contribution in [-0.2, 0) is 11.2 Å². The number of hydrogen-bond donors (Lipinski definition) is 1. The largest absolute Gasteiger partial charge is 0.497 e. The van der Waals surface area contributed by atoms with E-state index in [0.29, 0.717) is 30.8 Å². The molecule has 0 bridgehead atoms. The lowest BCUT2D eigenvalue weighted by atomic mass is 10.1. The zero-order chi connectivity index (χ0) is 13.7. The van der Waals surface area contributed by atoms with Gasteiger partial charge in [-0.2, -0.15) is 0 Å². The molecule has 1 amide bonds. The van der Waals surface area contributed by atoms with Crippen LogP contribution in [0.2, 0.25) is 0 Å². The molecule has 0 saturated carbocycles. The van der Waals surface area contributed by atoms with E-state index in [9.17, 15) is 4.79 Å². The molecule has 0 radical (unpaired) electrons. The first-order valence-electron chi connectivity index (χ1n) is 5.99. The summed E-state index contributed by atoms with van der Waals surface area (Å²) in [6.45, 7) is 0.508. The van der Waals surface area contributed by atoms with Crippen molar-refractivity contribution in [3.8, 4) is 5.75 Å². The fraction of sp³-hybridized carbons (Fsp3) is 0.385. The van der Waals surface area contributed by atoms with Gasteiger partial charge in [-0.15, -0.1) is 11.6 Å². The van der Waals surface area contributed by atoms with Crippen molar-refractivity contribution in [3.63, 3.8) is 0 Å². The Morgan fingerprint density at radius 3 is 3.11 bits per heavy atom. The van der Waals surface area contributed by atoms with Gasteiger partial charge < -0.3 is 14.6 Å². The third-order valence-corrected chi connectivity index (χ3v) is 2.95. The Labute approximate surface area is 115 Å². The molecule has 102 valence electrons. The predicted molar refractivity (Wildman–Crippen MR) is 72.6 cm³/mol. The Morgan fingerprint density at radius 1 is 1.53 bits per heavy atom. The number of methoxy groups -OCH3 is 1. The fourth-order valence-corrected chi connectivity index (χ4v) is 1.94. The number of fused-ring (bicyclic) bond motifs is 1. The highest BCUT2D eigenvalue weighted by atomic mass is 35.5. The van der Waals surface area contributed by atoms with E-state index < -0.39 is 0 Å². The van der Waals surface area contributed by atoms with E-state index in [1.54, 1.807) is 7.11 Å². The number of carbonyl (C=O) groups is 1. The van der Waals surface area contributed by atoms with Crippen molar-refractivity contribution < 1.29 is 14.1 Å². The molecule has 5 nitrogen and oxygen atoms in total. The number of rotatable bonds is 6. The van der Waals surface area contributed by atoms with E-state index in [1.165, 1.54) is 0 Å². The Hall–Kier alpha value is -1.75. The zero-order valence-corrected chi connectivity index (χ0v) is 11.4. The molecule has 6 heteroatoms. The van der Waals surface area contributed by atoms with E-state index in [4.69, 9.17) is 20.9 Å². The number of benzene rings is 1. The van der Waals surface area contributed by atoms with Crippen LogP contribution in [0.5, 0.6) is 5.75 Å². The van der Waals surface area contributed by atoms with Gasteiger partial charge in [0.15, 0.2) is 5.58 Å². The van der Waals surface area contributed by atoms with E-state index in [2.05, 4.69) is 10.5 Å². The van der Waals surface area contributed by atoms with Gasteiger partial charge in [-0.1, -0.05) is 5.16 Å². The highest BCUT2D eigenvalue weighted by molar-refractivity contribution is 6.18. The summed E-state index contributed by atoms with van der Waals surface area (Å²) in [6.07, 6.45) is 0.934. The van der Waals surface area contributed by atoms with Crippen LogP contribution in [0.15, 0.2) is 22.7 Å². The molecule has 0 spiro atoms. The number of hydrogen-bond acceptors (Lipinski definition) is 4. The van der Waals surface area contributed by atoms with Gasteiger partial charge in [0, 0.05) is 30.7 Å². The molecular formula is C13H15ClN2O3. The Morgan fingerprint density at radius 2 is 2.37 bits per heavy atom. The maximum Gasteiger partial charge on any atom is 0.221 e. The SMILES string of the molecule is COc1ccc2onc(CCNC(=O)CCCl)c2c1. The van der Waals surface area contributed by atoms with Gasteiger partial charge in [0.05, 0.1) is 12.8 Å². The average molecular weight is 283 g/mol. The van der Waals surface area contributed by atoms with Crippen molar-refractivity contribution in [2.24, 2.45) is 0 Å². The lowest BCUT2D eigenvalue weighted by Gasteiger charge is -2.02. The monoisotopic (exact) mass is 282 g/mol. The van der Waals surface area contributed by atoms with Crippen LogP contribution in [0.1, 0.15) is 12.1 Å². The molecule has 2 aromatic rings. The van der Waals surface area contributed by atoms with E-state index in [1.807, 2.05) is 18.2 Å². The standard InChI is InChI=1S/C13H15ClN2O3/c1-18-9-2-3-12-10(8-9)11(16-19-12)5-7-15-13(17)4-6-14/h2-3,8H,4-7H2,1H3,(H,15,17). The van der Waals surface area contributed by atoms with Crippen molar-refractivity contribution in [2.45, 2.75) is 12.8 Å². The van der Waals surface area contributed by atoms with Gasteiger partial charge in [-0.3, -0.25) is 4.79 Å². The molecule has 2 rings (SSSR count). The third-order valence-electron chi connectivity index (χ3n) is 2.76. The lowest BCUT2D eigenvalue weighted by molar-refractivity contribution is -0.120. The predicted octanol–water partition coefficient (Wildman–Crippen LogP) is 2.12. The number of alkyl halides is 1. The van der Waals surface area contributed by atoms with Crippen LogP contribution >= 0.6 is 11.6 Å². The summed E-state index contributed by atoms with van der Waals surface area (Å²) in [5.74, 6) is 1.03. The summed E-state index contributed by atoms with van der Waals surface area (Å²) < 4.78 is 10.4. The van der Waals surface area contributed by atoms with Gasteiger partial charge >= 0.3 is 0 Å². The highest BCUT2D eigenvalue weighted by Crippen LogP contribution is 2.23.